The van der Waals surface area contributed by atoms with Gasteiger partial charge >= 0.3 is 0 Å². The second-order valence-electron chi connectivity index (χ2n) is 3.11. The van der Waals surface area contributed by atoms with Crippen LogP contribution in [0.4, 0.5) is 0 Å². The van der Waals surface area contributed by atoms with Gasteiger partial charge in [-0.25, -0.2) is 9.97 Å². The molecule has 0 fully saturated rings. The lowest BCUT2D eigenvalue weighted by molar-refractivity contribution is 0.167. The summed E-state index contributed by atoms with van der Waals surface area (Å²) in [5, 5.41) is 9.30. The minimum absolute atomic E-state index is 0.0756. The molecule has 3 nitrogen and oxygen atoms in total. The minimum Gasteiger partial charge on any atom is -0.393 e. The van der Waals surface area contributed by atoms with Gasteiger partial charge in [-0.1, -0.05) is 6.92 Å². The third kappa shape index (κ3) is 2.01. The molecule has 0 saturated carbocycles. The van der Waals surface area contributed by atoms with Crippen molar-refractivity contribution in [2.75, 3.05) is 0 Å². The van der Waals surface area contributed by atoms with Crippen molar-refractivity contribution in [1.82, 2.24) is 9.97 Å². The Balaban J connectivity index is 2.88. The van der Waals surface area contributed by atoms with E-state index in [9.17, 15) is 5.11 Å². The van der Waals surface area contributed by atoms with E-state index in [1.165, 1.54) is 6.33 Å². The van der Waals surface area contributed by atoms with Crippen molar-refractivity contribution in [3.05, 3.63) is 23.8 Å². The molecule has 12 heavy (non-hydrogen) atoms. The molecule has 0 aromatic carbocycles. The first-order valence-electron chi connectivity index (χ1n) is 4.08. The summed E-state index contributed by atoms with van der Waals surface area (Å²) < 4.78 is 0. The maximum Gasteiger partial charge on any atom is 0.115 e. The molecule has 0 spiro atoms. The molecule has 0 aliphatic rings. The number of rotatable bonds is 2. The summed E-state index contributed by atoms with van der Waals surface area (Å²) in [7, 11) is 0. The Hall–Kier alpha value is -0.960. The van der Waals surface area contributed by atoms with Crippen molar-refractivity contribution >= 4 is 0 Å². The molecular formula is C9H14N2O. The van der Waals surface area contributed by atoms with E-state index in [1.54, 1.807) is 6.92 Å². The molecule has 1 aromatic rings. The van der Waals surface area contributed by atoms with Crippen LogP contribution in [0.1, 0.15) is 31.2 Å². The highest BCUT2D eigenvalue weighted by Crippen LogP contribution is 2.16. The second kappa shape index (κ2) is 3.63. The molecule has 1 N–H and O–H groups in total. The molecule has 2 atom stereocenters. The molecule has 1 rings (SSSR count). The smallest absolute Gasteiger partial charge is 0.115 e. The van der Waals surface area contributed by atoms with E-state index >= 15 is 0 Å². The first kappa shape index (κ1) is 9.13. The van der Waals surface area contributed by atoms with E-state index in [-0.39, 0.29) is 12.0 Å². The highest BCUT2D eigenvalue weighted by molar-refractivity contribution is 5.11. The molecule has 0 bridgehead atoms. The molecule has 0 saturated heterocycles. The number of aromatic nitrogens is 2. The highest BCUT2D eigenvalue weighted by Gasteiger charge is 2.12. The Labute approximate surface area is 72.5 Å². The van der Waals surface area contributed by atoms with Crippen LogP contribution in [-0.2, 0) is 0 Å². The van der Waals surface area contributed by atoms with Gasteiger partial charge in [-0.05, 0) is 19.9 Å². The van der Waals surface area contributed by atoms with Crippen molar-refractivity contribution < 1.29 is 5.11 Å². The summed E-state index contributed by atoms with van der Waals surface area (Å²) in [6.45, 7) is 5.63. The predicted octanol–water partition coefficient (Wildman–Crippen LogP) is 1.27. The summed E-state index contributed by atoms with van der Waals surface area (Å²) in [6.07, 6.45) is 1.17. The molecule has 1 aromatic heterocycles. The molecule has 0 aliphatic carbocycles. The molecule has 0 aliphatic heterocycles. The van der Waals surface area contributed by atoms with Crippen LogP contribution in [-0.4, -0.2) is 21.2 Å². The maximum absolute atomic E-state index is 9.30. The van der Waals surface area contributed by atoms with Crippen LogP contribution in [0.15, 0.2) is 12.4 Å². The number of aliphatic hydroxyl groups excluding tert-OH is 1. The van der Waals surface area contributed by atoms with Gasteiger partial charge in [0.05, 0.1) is 6.10 Å². The zero-order valence-corrected chi connectivity index (χ0v) is 7.65. The Kier molecular flexibility index (Phi) is 2.76. The van der Waals surface area contributed by atoms with E-state index in [1.807, 2.05) is 19.9 Å². The molecule has 0 amide bonds. The van der Waals surface area contributed by atoms with Crippen LogP contribution in [0.25, 0.3) is 0 Å². The van der Waals surface area contributed by atoms with E-state index in [0.717, 1.165) is 11.4 Å². The first-order valence-corrected chi connectivity index (χ1v) is 4.08. The van der Waals surface area contributed by atoms with E-state index in [0.29, 0.717) is 0 Å². The SMILES string of the molecule is Cc1cc(C(C)C(C)O)ncn1. The lowest BCUT2D eigenvalue weighted by Gasteiger charge is -2.13. The molecule has 0 radical (unpaired) electrons. The third-order valence-corrected chi connectivity index (χ3v) is 2.02. The van der Waals surface area contributed by atoms with Crippen LogP contribution >= 0.6 is 0 Å². The fraction of sp³-hybridized carbons (Fsp3) is 0.556. The first-order chi connectivity index (χ1) is 5.61. The topological polar surface area (TPSA) is 46.0 Å². The van der Waals surface area contributed by atoms with Crippen LogP contribution in [0.5, 0.6) is 0 Å². The second-order valence-corrected chi connectivity index (χ2v) is 3.11. The highest BCUT2D eigenvalue weighted by atomic mass is 16.3. The molecule has 66 valence electrons. The van der Waals surface area contributed by atoms with E-state index in [4.69, 9.17) is 0 Å². The van der Waals surface area contributed by atoms with Crippen molar-refractivity contribution in [2.45, 2.75) is 32.8 Å². The largest absolute Gasteiger partial charge is 0.393 e. The van der Waals surface area contributed by atoms with Gasteiger partial charge in [0.1, 0.15) is 6.33 Å². The van der Waals surface area contributed by atoms with Crippen molar-refractivity contribution in [1.29, 1.82) is 0 Å². The van der Waals surface area contributed by atoms with Gasteiger partial charge in [0, 0.05) is 17.3 Å². The Morgan fingerprint density at radius 2 is 2.00 bits per heavy atom. The monoisotopic (exact) mass is 166 g/mol. The fourth-order valence-corrected chi connectivity index (χ4v) is 0.971. The number of nitrogens with zero attached hydrogens (tertiary/aromatic N) is 2. The quantitative estimate of drug-likeness (QED) is 0.719. The van der Waals surface area contributed by atoms with Crippen LogP contribution in [0.2, 0.25) is 0 Å². The normalized spacial score (nSPS) is 15.7. The maximum atomic E-state index is 9.30. The molecule has 2 unspecified atom stereocenters. The van der Waals surface area contributed by atoms with E-state index < -0.39 is 0 Å². The lowest BCUT2D eigenvalue weighted by Crippen LogP contribution is -2.12. The Morgan fingerprint density at radius 3 is 2.50 bits per heavy atom. The fourth-order valence-electron chi connectivity index (χ4n) is 0.971. The van der Waals surface area contributed by atoms with Crippen LogP contribution in [0, 0.1) is 6.92 Å². The average Bonchev–Trinajstić information content (AvgIpc) is 2.03. The predicted molar refractivity (Wildman–Crippen MR) is 46.9 cm³/mol. The zero-order valence-electron chi connectivity index (χ0n) is 7.65. The number of hydrogen-bond acceptors (Lipinski definition) is 3. The van der Waals surface area contributed by atoms with Crippen LogP contribution < -0.4 is 0 Å². The number of hydrogen-bond donors (Lipinski definition) is 1. The molecule has 3 heteroatoms. The molecule has 1 heterocycles. The van der Waals surface area contributed by atoms with Gasteiger partial charge in [0.15, 0.2) is 0 Å². The van der Waals surface area contributed by atoms with Gasteiger partial charge in [0.25, 0.3) is 0 Å². The van der Waals surface area contributed by atoms with Gasteiger partial charge in [-0.3, -0.25) is 0 Å². The average molecular weight is 166 g/mol. The molecular weight excluding hydrogens is 152 g/mol. The zero-order chi connectivity index (χ0) is 9.14. The summed E-state index contributed by atoms with van der Waals surface area (Å²) in [5.41, 5.74) is 1.84. The lowest BCUT2D eigenvalue weighted by atomic mass is 10.0. The minimum atomic E-state index is -0.362. The summed E-state index contributed by atoms with van der Waals surface area (Å²) in [4.78, 5) is 8.08. The standard InChI is InChI=1S/C9H14N2O/c1-6-4-9(11-5-10-6)7(2)8(3)12/h4-5,7-8,12H,1-3H3. The van der Waals surface area contributed by atoms with E-state index in [2.05, 4.69) is 9.97 Å². The van der Waals surface area contributed by atoms with Gasteiger partial charge in [-0.15, -0.1) is 0 Å². The van der Waals surface area contributed by atoms with Crippen molar-refractivity contribution in [2.24, 2.45) is 0 Å². The van der Waals surface area contributed by atoms with Crippen molar-refractivity contribution in [3.8, 4) is 0 Å². The number of aliphatic hydroxyl groups is 1. The number of aryl methyl sites for hydroxylation is 1. The van der Waals surface area contributed by atoms with Gasteiger partial charge < -0.3 is 5.11 Å². The summed E-state index contributed by atoms with van der Waals surface area (Å²) in [6, 6.07) is 1.90. The summed E-state index contributed by atoms with van der Waals surface area (Å²) >= 11 is 0. The van der Waals surface area contributed by atoms with Gasteiger partial charge in [0.2, 0.25) is 0 Å². The summed E-state index contributed by atoms with van der Waals surface area (Å²) in [5.74, 6) is 0.0756. The van der Waals surface area contributed by atoms with Crippen molar-refractivity contribution in [3.63, 3.8) is 0 Å². The Bertz CT molecular complexity index is 260. The third-order valence-electron chi connectivity index (χ3n) is 2.02. The van der Waals surface area contributed by atoms with Gasteiger partial charge in [-0.2, -0.15) is 0 Å². The Morgan fingerprint density at radius 1 is 1.33 bits per heavy atom. The van der Waals surface area contributed by atoms with Crippen LogP contribution in [0.3, 0.4) is 0 Å².